The van der Waals surface area contributed by atoms with Gasteiger partial charge in [-0.3, -0.25) is 4.79 Å². The Labute approximate surface area is 151 Å². The molecule has 0 bridgehead atoms. The van der Waals surface area contributed by atoms with Crippen molar-refractivity contribution >= 4 is 28.5 Å². The van der Waals surface area contributed by atoms with Gasteiger partial charge in [0.1, 0.15) is 5.76 Å². The third-order valence-corrected chi connectivity index (χ3v) is 4.46. The Kier molecular flexibility index (Phi) is 5.84. The van der Waals surface area contributed by atoms with Gasteiger partial charge in [-0.1, -0.05) is 32.9 Å². The van der Waals surface area contributed by atoms with Gasteiger partial charge in [-0.15, -0.1) is 0 Å². The molecule has 0 saturated heterocycles. The molecule has 1 aromatic heterocycles. The summed E-state index contributed by atoms with van der Waals surface area (Å²) in [6.45, 7) is 8.85. The van der Waals surface area contributed by atoms with Crippen LogP contribution in [-0.2, 0) is 11.8 Å². The van der Waals surface area contributed by atoms with Crippen molar-refractivity contribution in [1.29, 1.82) is 0 Å². The highest BCUT2D eigenvalue weighted by Crippen LogP contribution is 2.24. The summed E-state index contributed by atoms with van der Waals surface area (Å²) in [7, 11) is 0. The van der Waals surface area contributed by atoms with Crippen molar-refractivity contribution in [3.05, 3.63) is 50.7 Å². The molecule has 0 aliphatic rings. The summed E-state index contributed by atoms with van der Waals surface area (Å²) in [5.41, 5.74) is 1.58. The number of rotatable bonds is 5. The molecule has 124 valence electrons. The molecular formula is C18H23IN2O2. The van der Waals surface area contributed by atoms with Gasteiger partial charge in [-0.2, -0.15) is 0 Å². The first-order valence-electron chi connectivity index (χ1n) is 7.78. The quantitative estimate of drug-likeness (QED) is 0.575. The largest absolute Gasteiger partial charge is 0.445 e. The monoisotopic (exact) mass is 426 g/mol. The molecule has 2 aromatic rings. The molecule has 2 rings (SSSR count). The third kappa shape index (κ3) is 4.80. The Morgan fingerprint density at radius 3 is 2.61 bits per heavy atom. The van der Waals surface area contributed by atoms with E-state index in [-0.39, 0.29) is 11.3 Å². The number of aromatic nitrogens is 1. The number of benzene rings is 1. The number of amides is 1. The van der Waals surface area contributed by atoms with E-state index in [0.717, 1.165) is 39.3 Å². The van der Waals surface area contributed by atoms with Crippen LogP contribution in [0.3, 0.4) is 0 Å². The van der Waals surface area contributed by atoms with Crippen molar-refractivity contribution in [2.24, 2.45) is 0 Å². The highest BCUT2D eigenvalue weighted by molar-refractivity contribution is 14.1. The fraction of sp³-hybridized carbons (Fsp3) is 0.444. The summed E-state index contributed by atoms with van der Waals surface area (Å²) in [5, 5.41) is 2.96. The van der Waals surface area contributed by atoms with Crippen molar-refractivity contribution in [3.8, 4) is 0 Å². The maximum atomic E-state index is 12.1. The average Bonchev–Trinajstić information content (AvgIpc) is 2.85. The van der Waals surface area contributed by atoms with Crippen molar-refractivity contribution in [3.63, 3.8) is 0 Å². The van der Waals surface area contributed by atoms with Crippen molar-refractivity contribution < 1.29 is 9.21 Å². The number of nitrogens with one attached hydrogen (secondary N) is 1. The molecule has 0 unspecified atom stereocenters. The lowest BCUT2D eigenvalue weighted by molar-refractivity contribution is 0.0952. The van der Waals surface area contributed by atoms with Crippen LogP contribution in [-0.4, -0.2) is 17.4 Å². The molecule has 23 heavy (non-hydrogen) atoms. The maximum absolute atomic E-state index is 12.1. The molecule has 0 aliphatic carbocycles. The molecule has 0 aliphatic heterocycles. The van der Waals surface area contributed by atoms with E-state index in [1.54, 1.807) is 0 Å². The van der Waals surface area contributed by atoms with Crippen LogP contribution in [0.5, 0.6) is 0 Å². The van der Waals surface area contributed by atoms with E-state index in [9.17, 15) is 4.79 Å². The van der Waals surface area contributed by atoms with Crippen LogP contribution in [0.4, 0.5) is 0 Å². The van der Waals surface area contributed by atoms with Gasteiger partial charge in [-0.25, -0.2) is 4.98 Å². The SMILES string of the molecule is Cc1nc(C(C)(C)C)oc1CCCNC(=O)c1ccccc1I. The topological polar surface area (TPSA) is 55.1 Å². The minimum Gasteiger partial charge on any atom is -0.445 e. The summed E-state index contributed by atoms with van der Waals surface area (Å²) in [5.74, 6) is 1.66. The van der Waals surface area contributed by atoms with E-state index in [1.807, 2.05) is 31.2 Å². The van der Waals surface area contributed by atoms with Crippen LogP contribution in [0.1, 0.15) is 54.9 Å². The summed E-state index contributed by atoms with van der Waals surface area (Å²) in [6.07, 6.45) is 1.61. The van der Waals surface area contributed by atoms with Crippen molar-refractivity contribution in [1.82, 2.24) is 10.3 Å². The molecule has 5 heteroatoms. The Hall–Kier alpha value is -1.37. The summed E-state index contributed by atoms with van der Waals surface area (Å²) in [4.78, 5) is 16.6. The Morgan fingerprint density at radius 2 is 2.00 bits per heavy atom. The molecule has 1 heterocycles. The van der Waals surface area contributed by atoms with Crippen LogP contribution < -0.4 is 5.32 Å². The van der Waals surface area contributed by atoms with E-state index in [2.05, 4.69) is 53.7 Å². The number of carbonyl (C=O) groups excluding carboxylic acids is 1. The fourth-order valence-electron chi connectivity index (χ4n) is 2.17. The Bertz CT molecular complexity index is 687. The van der Waals surface area contributed by atoms with E-state index >= 15 is 0 Å². The molecule has 0 saturated carbocycles. The highest BCUT2D eigenvalue weighted by Gasteiger charge is 2.22. The van der Waals surface area contributed by atoms with Gasteiger partial charge >= 0.3 is 0 Å². The first-order valence-corrected chi connectivity index (χ1v) is 8.86. The fourth-order valence-corrected chi connectivity index (χ4v) is 2.80. The van der Waals surface area contributed by atoms with Gasteiger partial charge < -0.3 is 9.73 Å². The van der Waals surface area contributed by atoms with Crippen LogP contribution >= 0.6 is 22.6 Å². The maximum Gasteiger partial charge on any atom is 0.252 e. The third-order valence-electron chi connectivity index (χ3n) is 3.52. The Morgan fingerprint density at radius 1 is 1.30 bits per heavy atom. The zero-order valence-corrected chi connectivity index (χ0v) is 16.2. The second-order valence-electron chi connectivity index (χ2n) is 6.62. The zero-order chi connectivity index (χ0) is 17.0. The molecule has 4 nitrogen and oxygen atoms in total. The highest BCUT2D eigenvalue weighted by atomic mass is 127. The van der Waals surface area contributed by atoms with Gasteiger partial charge in [0.15, 0.2) is 5.89 Å². The zero-order valence-electron chi connectivity index (χ0n) is 14.1. The van der Waals surface area contributed by atoms with E-state index in [4.69, 9.17) is 4.42 Å². The van der Waals surface area contributed by atoms with Crippen LogP contribution in [0.2, 0.25) is 0 Å². The predicted molar refractivity (Wildman–Crippen MR) is 99.8 cm³/mol. The lowest BCUT2D eigenvalue weighted by Gasteiger charge is -2.12. The lowest BCUT2D eigenvalue weighted by Crippen LogP contribution is -2.25. The summed E-state index contributed by atoms with van der Waals surface area (Å²) < 4.78 is 6.83. The number of aryl methyl sites for hydroxylation is 2. The van der Waals surface area contributed by atoms with Gasteiger partial charge in [0.05, 0.1) is 11.3 Å². The molecule has 1 N–H and O–H groups in total. The van der Waals surface area contributed by atoms with Gasteiger partial charge in [0.2, 0.25) is 0 Å². The second-order valence-corrected chi connectivity index (χ2v) is 7.78. The molecule has 0 atom stereocenters. The van der Waals surface area contributed by atoms with Gasteiger partial charge in [0, 0.05) is 22.0 Å². The standard InChI is InChI=1S/C18H23IN2O2/c1-12-15(23-17(21-12)18(2,3)4)10-7-11-20-16(22)13-8-5-6-9-14(13)19/h5-6,8-9H,7,10-11H2,1-4H3,(H,20,22). The van der Waals surface area contributed by atoms with Crippen LogP contribution in [0.25, 0.3) is 0 Å². The first-order chi connectivity index (χ1) is 10.8. The minimum absolute atomic E-state index is 0.0281. The van der Waals surface area contributed by atoms with Crippen molar-refractivity contribution in [2.75, 3.05) is 6.54 Å². The van der Waals surface area contributed by atoms with Gasteiger partial charge in [-0.05, 0) is 48.1 Å². The van der Waals surface area contributed by atoms with Crippen LogP contribution in [0, 0.1) is 10.5 Å². The van der Waals surface area contributed by atoms with Crippen LogP contribution in [0.15, 0.2) is 28.7 Å². The van der Waals surface area contributed by atoms with Gasteiger partial charge in [0.25, 0.3) is 5.91 Å². The number of halogens is 1. The number of hydrogen-bond acceptors (Lipinski definition) is 3. The first kappa shape index (κ1) is 18.0. The molecule has 0 radical (unpaired) electrons. The van der Waals surface area contributed by atoms with E-state index in [0.29, 0.717) is 6.54 Å². The lowest BCUT2D eigenvalue weighted by atomic mass is 9.97. The number of carbonyl (C=O) groups is 1. The normalized spacial score (nSPS) is 11.5. The molecule has 0 spiro atoms. The predicted octanol–water partition coefficient (Wildman–Crippen LogP) is 4.25. The van der Waals surface area contributed by atoms with E-state index < -0.39 is 0 Å². The summed E-state index contributed by atoms with van der Waals surface area (Å²) >= 11 is 2.18. The number of oxazole rings is 1. The molecule has 0 fully saturated rings. The average molecular weight is 426 g/mol. The number of nitrogens with zero attached hydrogens (tertiary/aromatic N) is 1. The van der Waals surface area contributed by atoms with Crippen molar-refractivity contribution in [2.45, 2.75) is 46.0 Å². The Balaban J connectivity index is 1.85. The molecular weight excluding hydrogens is 403 g/mol. The molecule has 1 aromatic carbocycles. The summed E-state index contributed by atoms with van der Waals surface area (Å²) in [6, 6.07) is 7.58. The van der Waals surface area contributed by atoms with E-state index in [1.165, 1.54) is 0 Å². The molecule has 1 amide bonds. The second kappa shape index (κ2) is 7.47. The minimum atomic E-state index is -0.0821. The smallest absolute Gasteiger partial charge is 0.252 e. The number of hydrogen-bond donors (Lipinski definition) is 1.